The molecule has 586 valence electrons. The van der Waals surface area contributed by atoms with Gasteiger partial charge in [-0.2, -0.15) is 82.3 Å². The predicted molar refractivity (Wildman–Crippen MR) is 460 cm³/mol. The van der Waals surface area contributed by atoms with Crippen LogP contribution in [0.25, 0.3) is 0 Å². The van der Waals surface area contributed by atoms with Crippen molar-refractivity contribution in [3.63, 3.8) is 0 Å². The van der Waals surface area contributed by atoms with Gasteiger partial charge in [-0.15, -0.1) is 58.8 Å². The summed E-state index contributed by atoms with van der Waals surface area (Å²) >= 11 is 23.3. The van der Waals surface area contributed by atoms with Gasteiger partial charge < -0.3 is 23.7 Å². The van der Waals surface area contributed by atoms with Crippen molar-refractivity contribution in [3.05, 3.63) is 0 Å². The molecule has 22 heteroatoms. The second-order valence-electron chi connectivity index (χ2n) is 32.6. The molecule has 0 radical (unpaired) electrons. The molecule has 6 heterocycles. The number of ether oxygens (including phenoxy) is 5. The van der Waals surface area contributed by atoms with Gasteiger partial charge in [-0.1, -0.05) is 131 Å². The molecular weight excluding hydrogens is 1480 g/mol. The number of rotatable bonds is 19. The molecular formula is C78H142O10S12. The van der Waals surface area contributed by atoms with Gasteiger partial charge >= 0.3 is 29.8 Å². The molecule has 0 aromatic rings. The summed E-state index contributed by atoms with van der Waals surface area (Å²) in [6.45, 7) is 48.6. The molecule has 8 fully saturated rings. The molecule has 0 aromatic carbocycles. The minimum Gasteiger partial charge on any atom is -0.450 e. The standard InChI is InChI=1S/C14H24O2S2.C14H26S2.2C13H24O2S2.2C12H22O2S2/c1-4-13(2,3)12(15)16-14-8-5-7-11(14)17-9-6-10-18-14;1-3-12(2)7-9-14-8-4-6-13(14)15-10-5-11-16-14;1-6-13(4,5)11(14)15-10-7-16-8-12(2,3)9-17-10;1-6-13(4,5)12(14)15-11-8-16-9(2)7-10(3)17-11;1-5-9(2)11(13)14-10-6-15-7-12(3,4)8-16-10;1-5-8(2)12(13)14-11-7-15-9(3)6-10(4)16-11/h11H,4-10H2,1-3H3;12-13H,3-11H2,1-2H3;10H,6-9H2,1-5H3;9-11H,6-8H2,1-5H3;9-10H,5-8H2,1-4H3;8-11H,5-7H2,1-4H3. The number of fused-ring (bicyclic) bond motifs is 2. The third kappa shape index (κ3) is 35.3. The average molecular weight is 1620 g/mol. The minimum absolute atomic E-state index is 0.00750. The van der Waals surface area contributed by atoms with Crippen molar-refractivity contribution in [1.29, 1.82) is 0 Å². The van der Waals surface area contributed by atoms with Crippen molar-refractivity contribution in [1.82, 2.24) is 0 Å². The van der Waals surface area contributed by atoms with E-state index in [0.29, 0.717) is 41.8 Å². The van der Waals surface area contributed by atoms with Crippen LogP contribution in [0.3, 0.4) is 0 Å². The lowest BCUT2D eigenvalue weighted by Crippen LogP contribution is -2.41. The lowest BCUT2D eigenvalue weighted by atomic mass is 9.90. The Kier molecular flexibility index (Phi) is 45.7. The molecule has 0 amide bonds. The summed E-state index contributed by atoms with van der Waals surface area (Å²) < 4.78 is 29.1. The van der Waals surface area contributed by atoms with Gasteiger partial charge in [-0.25, -0.2) is 0 Å². The van der Waals surface area contributed by atoms with E-state index in [4.69, 9.17) is 23.7 Å². The number of esters is 5. The summed E-state index contributed by atoms with van der Waals surface area (Å²) in [6.07, 6.45) is 21.5. The Hall–Kier alpha value is 1.55. The van der Waals surface area contributed by atoms with Gasteiger partial charge in [-0.3, -0.25) is 24.0 Å². The topological polar surface area (TPSA) is 132 Å². The van der Waals surface area contributed by atoms with Crippen LogP contribution in [0.15, 0.2) is 0 Å². The van der Waals surface area contributed by atoms with Crippen molar-refractivity contribution in [2.75, 3.05) is 69.0 Å². The molecule has 15 unspecified atom stereocenters. The van der Waals surface area contributed by atoms with E-state index >= 15 is 0 Å². The van der Waals surface area contributed by atoms with Gasteiger partial charge in [-0.05, 0) is 196 Å². The predicted octanol–water partition coefficient (Wildman–Crippen LogP) is 23.8. The summed E-state index contributed by atoms with van der Waals surface area (Å²) in [5.41, 5.74) is -0.208. The van der Waals surface area contributed by atoms with Crippen LogP contribution in [0.5, 0.6) is 0 Å². The van der Waals surface area contributed by atoms with Gasteiger partial charge in [0.25, 0.3) is 0 Å². The zero-order valence-electron chi connectivity index (χ0n) is 66.7. The van der Waals surface area contributed by atoms with E-state index in [-0.39, 0.29) is 84.6 Å². The molecule has 0 N–H and O–H groups in total. The van der Waals surface area contributed by atoms with Crippen molar-refractivity contribution >= 4 is 171 Å². The van der Waals surface area contributed by atoms with Crippen LogP contribution in [0.4, 0.5) is 0 Å². The van der Waals surface area contributed by atoms with Crippen molar-refractivity contribution < 1.29 is 47.7 Å². The summed E-state index contributed by atoms with van der Waals surface area (Å²) in [6, 6.07) is 0. The fourth-order valence-corrected chi connectivity index (χ4v) is 29.1. The van der Waals surface area contributed by atoms with Gasteiger partial charge in [0.2, 0.25) is 0 Å². The largest absolute Gasteiger partial charge is 0.450 e. The van der Waals surface area contributed by atoms with E-state index in [9.17, 15) is 24.0 Å². The lowest BCUT2D eigenvalue weighted by Gasteiger charge is -2.35. The molecule has 6 saturated heterocycles. The quantitative estimate of drug-likeness (QED) is 0.0896. The van der Waals surface area contributed by atoms with Crippen LogP contribution in [-0.4, -0.2) is 162 Å². The Balaban J connectivity index is 0.000000312. The molecule has 8 aliphatic rings. The Labute approximate surface area is 664 Å². The SMILES string of the molecule is CCC(C)(C)C(=O)OC12CCCC1SCCCS2.CCC(C)(C)C(=O)OC1CSC(C)CC(C)S1.CCC(C)(C)C(=O)OC1CSCC(C)(C)CS1.CCC(C)C(=O)OC1CSC(C)CC(C)S1.CCC(C)C(=O)OC1CSCC(C)(C)CS1.CCC(C)CCC12CCCC1SCCCS2. The monoisotopic (exact) mass is 1620 g/mol. The average Bonchev–Trinajstić information content (AvgIpc) is 1.60. The van der Waals surface area contributed by atoms with E-state index in [1.165, 1.54) is 94.3 Å². The highest BCUT2D eigenvalue weighted by Crippen LogP contribution is 2.54. The summed E-state index contributed by atoms with van der Waals surface area (Å²) in [4.78, 5) is 59.5. The van der Waals surface area contributed by atoms with Crippen LogP contribution in [0.1, 0.15) is 275 Å². The van der Waals surface area contributed by atoms with E-state index in [1.807, 2.05) is 154 Å². The first-order chi connectivity index (χ1) is 46.8. The highest BCUT2D eigenvalue weighted by Gasteiger charge is 2.50. The van der Waals surface area contributed by atoms with Gasteiger partial charge in [0.1, 0.15) is 0 Å². The van der Waals surface area contributed by atoms with E-state index < -0.39 is 0 Å². The number of thioether (sulfide) groups is 12. The number of carbonyl (C=O) groups excluding carboxylic acids is 5. The number of hydrogen-bond donors (Lipinski definition) is 0. The third-order valence-electron chi connectivity index (χ3n) is 20.4. The summed E-state index contributed by atoms with van der Waals surface area (Å²) in [5.74, 6) is 14.1. The van der Waals surface area contributed by atoms with Crippen LogP contribution >= 0.6 is 141 Å². The normalized spacial score (nSPS) is 30.8. The molecule has 2 aliphatic carbocycles. The maximum Gasteiger partial charge on any atom is 0.312 e. The van der Waals surface area contributed by atoms with E-state index in [1.54, 1.807) is 47.0 Å². The zero-order valence-corrected chi connectivity index (χ0v) is 76.5. The highest BCUT2D eigenvalue weighted by atomic mass is 32.2. The van der Waals surface area contributed by atoms with Crippen molar-refractivity contribution in [2.45, 2.75) is 338 Å². The molecule has 0 spiro atoms. The van der Waals surface area contributed by atoms with Crippen LogP contribution in [0, 0.1) is 44.8 Å². The number of carbonyl (C=O) groups is 5. The van der Waals surface area contributed by atoms with E-state index in [0.717, 1.165) is 101 Å². The molecule has 0 aromatic heterocycles. The smallest absolute Gasteiger partial charge is 0.312 e. The Morgan fingerprint density at radius 1 is 0.450 bits per heavy atom. The number of hydrogen-bond acceptors (Lipinski definition) is 22. The van der Waals surface area contributed by atoms with Crippen molar-refractivity contribution in [2.24, 2.45) is 44.8 Å². The van der Waals surface area contributed by atoms with Gasteiger partial charge in [0.15, 0.2) is 26.7 Å². The lowest BCUT2D eigenvalue weighted by molar-refractivity contribution is -0.162. The third-order valence-corrected chi connectivity index (χ3v) is 39.2. The second kappa shape index (κ2) is 47.7. The molecule has 10 nitrogen and oxygen atoms in total. The first-order valence-corrected chi connectivity index (χ1v) is 50.8. The molecule has 0 bridgehead atoms. The second-order valence-corrected chi connectivity index (χ2v) is 48.6. The zero-order chi connectivity index (χ0) is 75.1. The first-order valence-electron chi connectivity index (χ1n) is 38.4. The molecule has 2 saturated carbocycles. The molecule has 6 aliphatic heterocycles. The Morgan fingerprint density at radius 3 is 1.35 bits per heavy atom. The van der Waals surface area contributed by atoms with Gasteiger partial charge in [0, 0.05) is 65.5 Å². The Bertz CT molecular complexity index is 2370. The van der Waals surface area contributed by atoms with Crippen LogP contribution < -0.4 is 0 Å². The van der Waals surface area contributed by atoms with Gasteiger partial charge in [0.05, 0.1) is 33.3 Å². The molecule has 8 rings (SSSR count). The van der Waals surface area contributed by atoms with E-state index in [2.05, 4.69) is 99.7 Å². The summed E-state index contributed by atoms with van der Waals surface area (Å²) in [7, 11) is 0. The fourth-order valence-electron chi connectivity index (χ4n) is 11.3. The minimum atomic E-state index is -0.355. The van der Waals surface area contributed by atoms with Crippen molar-refractivity contribution in [3.8, 4) is 0 Å². The fraction of sp³-hybridized carbons (Fsp3) is 0.936. The maximum absolute atomic E-state index is 12.4. The molecule has 15 atom stereocenters. The van der Waals surface area contributed by atoms with Crippen LogP contribution in [-0.2, 0) is 47.7 Å². The van der Waals surface area contributed by atoms with Crippen LogP contribution in [0.2, 0.25) is 0 Å². The summed E-state index contributed by atoms with van der Waals surface area (Å²) in [5, 5.41) is 4.00. The Morgan fingerprint density at radius 2 is 0.870 bits per heavy atom. The first kappa shape index (κ1) is 95.8. The molecule has 100 heavy (non-hydrogen) atoms. The highest BCUT2D eigenvalue weighted by molar-refractivity contribution is 8.06. The maximum atomic E-state index is 12.4.